The predicted molar refractivity (Wildman–Crippen MR) is 110 cm³/mol. The Morgan fingerprint density at radius 2 is 2.20 bits per heavy atom. The molecule has 6 nitrogen and oxygen atoms in total. The highest BCUT2D eigenvalue weighted by Gasteiger charge is 2.42. The van der Waals surface area contributed by atoms with Crippen molar-refractivity contribution in [1.82, 2.24) is 15.5 Å². The van der Waals surface area contributed by atoms with Crippen molar-refractivity contribution < 1.29 is 9.53 Å². The van der Waals surface area contributed by atoms with Crippen LogP contribution in [0.5, 0.6) is 0 Å². The van der Waals surface area contributed by atoms with Gasteiger partial charge in [-0.1, -0.05) is 12.8 Å². The number of nitrogens with one attached hydrogen (secondary N) is 2. The third-order valence-electron chi connectivity index (χ3n) is 5.50. The zero-order valence-corrected chi connectivity index (χ0v) is 17.7. The number of aliphatic imine (C=N–C) groups is 1. The Morgan fingerprint density at radius 3 is 2.88 bits per heavy atom. The highest BCUT2D eigenvalue weighted by atomic mass is 127. The molecular formula is C18H33IN4O2. The number of nitrogens with zero attached hydrogens (tertiary/aromatic N) is 2. The van der Waals surface area contributed by atoms with Gasteiger partial charge in [-0.05, 0) is 32.6 Å². The SMILES string of the molecule is CCNC(=NCCOC1CCCC1)N1CCCC2(CNC(=O)C2)C1.I. The lowest BCUT2D eigenvalue weighted by Crippen LogP contribution is -2.51. The lowest BCUT2D eigenvalue weighted by Gasteiger charge is -2.40. The molecule has 7 heteroatoms. The molecule has 0 bridgehead atoms. The summed E-state index contributed by atoms with van der Waals surface area (Å²) in [7, 11) is 0. The van der Waals surface area contributed by atoms with Crippen LogP contribution < -0.4 is 10.6 Å². The van der Waals surface area contributed by atoms with Crippen molar-refractivity contribution in [3.8, 4) is 0 Å². The fourth-order valence-corrected chi connectivity index (χ4v) is 4.28. The van der Waals surface area contributed by atoms with Crippen LogP contribution in [0.3, 0.4) is 0 Å². The summed E-state index contributed by atoms with van der Waals surface area (Å²) < 4.78 is 5.92. The number of halogens is 1. The summed E-state index contributed by atoms with van der Waals surface area (Å²) in [6.45, 7) is 7.13. The molecule has 144 valence electrons. The molecule has 0 aromatic carbocycles. The van der Waals surface area contributed by atoms with Gasteiger partial charge >= 0.3 is 0 Å². The molecule has 2 aliphatic heterocycles. The Morgan fingerprint density at radius 1 is 1.40 bits per heavy atom. The highest BCUT2D eigenvalue weighted by molar-refractivity contribution is 14.0. The summed E-state index contributed by atoms with van der Waals surface area (Å²) >= 11 is 0. The Balaban J connectivity index is 0.00000225. The third-order valence-corrected chi connectivity index (χ3v) is 5.50. The molecule has 0 aromatic heterocycles. The molecule has 1 atom stereocenters. The predicted octanol–water partition coefficient (Wildman–Crippen LogP) is 2.13. The van der Waals surface area contributed by atoms with Crippen molar-refractivity contribution in [2.75, 3.05) is 39.3 Å². The molecule has 3 fully saturated rings. The van der Waals surface area contributed by atoms with E-state index in [2.05, 4.69) is 22.5 Å². The second kappa shape index (κ2) is 9.94. The van der Waals surface area contributed by atoms with E-state index in [1.807, 2.05) is 0 Å². The number of amides is 1. The average molecular weight is 464 g/mol. The standard InChI is InChI=1S/C18H32N4O2.HI/c1-2-19-17(20-9-11-24-15-6-3-4-7-15)22-10-5-8-18(14-22)12-16(23)21-13-18;/h15H,2-14H2,1H3,(H,19,20)(H,21,23);1H. The van der Waals surface area contributed by atoms with Gasteiger partial charge in [0.1, 0.15) is 0 Å². The van der Waals surface area contributed by atoms with Gasteiger partial charge < -0.3 is 20.3 Å². The fourth-order valence-electron chi connectivity index (χ4n) is 4.28. The third kappa shape index (κ3) is 5.70. The van der Waals surface area contributed by atoms with Crippen LogP contribution in [0.4, 0.5) is 0 Å². The van der Waals surface area contributed by atoms with Crippen LogP contribution in [0.25, 0.3) is 0 Å². The van der Waals surface area contributed by atoms with Gasteiger partial charge in [-0.2, -0.15) is 0 Å². The molecule has 3 aliphatic rings. The minimum absolute atomic E-state index is 0. The molecule has 1 unspecified atom stereocenters. The summed E-state index contributed by atoms with van der Waals surface area (Å²) in [5.41, 5.74) is 0.103. The number of piperidine rings is 1. The van der Waals surface area contributed by atoms with Gasteiger partial charge in [0.25, 0.3) is 0 Å². The van der Waals surface area contributed by atoms with Crippen LogP contribution in [0.2, 0.25) is 0 Å². The Hall–Kier alpha value is -0.570. The van der Waals surface area contributed by atoms with Crippen molar-refractivity contribution >= 4 is 35.8 Å². The van der Waals surface area contributed by atoms with Crippen LogP contribution in [0.1, 0.15) is 51.9 Å². The first kappa shape index (κ1) is 20.7. The van der Waals surface area contributed by atoms with E-state index in [1.165, 1.54) is 25.7 Å². The van der Waals surface area contributed by atoms with Crippen LogP contribution >= 0.6 is 24.0 Å². The van der Waals surface area contributed by atoms with E-state index in [4.69, 9.17) is 9.73 Å². The van der Waals surface area contributed by atoms with Gasteiger partial charge in [-0.3, -0.25) is 9.79 Å². The number of rotatable bonds is 5. The summed E-state index contributed by atoms with van der Waals surface area (Å²) in [5.74, 6) is 1.18. The zero-order valence-electron chi connectivity index (χ0n) is 15.4. The van der Waals surface area contributed by atoms with Gasteiger partial charge in [-0.25, -0.2) is 0 Å². The van der Waals surface area contributed by atoms with Crippen molar-refractivity contribution in [3.05, 3.63) is 0 Å². The number of guanidine groups is 1. The number of likely N-dealkylation sites (tertiary alicyclic amines) is 1. The Labute approximate surface area is 168 Å². The molecular weight excluding hydrogens is 431 g/mol. The van der Waals surface area contributed by atoms with Gasteiger partial charge in [-0.15, -0.1) is 24.0 Å². The van der Waals surface area contributed by atoms with E-state index in [0.29, 0.717) is 25.7 Å². The van der Waals surface area contributed by atoms with Crippen molar-refractivity contribution in [2.45, 2.75) is 58.0 Å². The normalized spacial score (nSPS) is 27.5. The van der Waals surface area contributed by atoms with Gasteiger partial charge in [0, 0.05) is 38.0 Å². The lowest BCUT2D eigenvalue weighted by atomic mass is 9.79. The van der Waals surface area contributed by atoms with Gasteiger partial charge in [0.05, 0.1) is 19.3 Å². The van der Waals surface area contributed by atoms with Gasteiger partial charge in [0.15, 0.2) is 5.96 Å². The number of carbonyl (C=O) groups is 1. The maximum atomic E-state index is 11.7. The molecule has 1 spiro atoms. The largest absolute Gasteiger partial charge is 0.376 e. The van der Waals surface area contributed by atoms with Crippen LogP contribution in [0, 0.1) is 5.41 Å². The summed E-state index contributed by atoms with van der Waals surface area (Å²) in [6.07, 6.45) is 8.40. The molecule has 3 rings (SSSR count). The smallest absolute Gasteiger partial charge is 0.220 e. The molecule has 0 aromatic rings. The second-order valence-electron chi connectivity index (χ2n) is 7.49. The van der Waals surface area contributed by atoms with E-state index < -0.39 is 0 Å². The van der Waals surface area contributed by atoms with Crippen LogP contribution in [-0.2, 0) is 9.53 Å². The molecule has 1 saturated carbocycles. The molecule has 1 aliphatic carbocycles. The molecule has 25 heavy (non-hydrogen) atoms. The number of carbonyl (C=O) groups excluding carboxylic acids is 1. The molecule has 2 saturated heterocycles. The fraction of sp³-hybridized carbons (Fsp3) is 0.889. The van der Waals surface area contributed by atoms with Crippen LogP contribution in [-0.4, -0.2) is 62.2 Å². The number of ether oxygens (including phenoxy) is 1. The highest BCUT2D eigenvalue weighted by Crippen LogP contribution is 2.36. The van der Waals surface area contributed by atoms with E-state index >= 15 is 0 Å². The summed E-state index contributed by atoms with van der Waals surface area (Å²) in [5, 5.41) is 6.42. The quantitative estimate of drug-likeness (QED) is 0.283. The van der Waals surface area contributed by atoms with Crippen LogP contribution in [0.15, 0.2) is 4.99 Å². The maximum absolute atomic E-state index is 11.7. The maximum Gasteiger partial charge on any atom is 0.220 e. The zero-order chi connectivity index (χ0) is 16.8. The summed E-state index contributed by atoms with van der Waals surface area (Å²) in [6, 6.07) is 0. The Bertz CT molecular complexity index is 468. The molecule has 0 radical (unpaired) electrons. The Kier molecular flexibility index (Phi) is 8.25. The first-order chi connectivity index (χ1) is 11.7. The van der Waals surface area contributed by atoms with E-state index in [1.54, 1.807) is 0 Å². The molecule has 1 amide bonds. The molecule has 2 heterocycles. The second-order valence-corrected chi connectivity index (χ2v) is 7.49. The van der Waals surface area contributed by atoms with Crippen molar-refractivity contribution in [1.29, 1.82) is 0 Å². The minimum atomic E-state index is 0. The summed E-state index contributed by atoms with van der Waals surface area (Å²) in [4.78, 5) is 18.8. The lowest BCUT2D eigenvalue weighted by molar-refractivity contribution is -0.119. The first-order valence-corrected chi connectivity index (χ1v) is 9.62. The van der Waals surface area contributed by atoms with Gasteiger partial charge in [0.2, 0.25) is 5.91 Å². The van der Waals surface area contributed by atoms with E-state index in [0.717, 1.165) is 45.0 Å². The number of hydrogen-bond acceptors (Lipinski definition) is 3. The van der Waals surface area contributed by atoms with Crippen molar-refractivity contribution in [2.24, 2.45) is 10.4 Å². The first-order valence-electron chi connectivity index (χ1n) is 9.62. The minimum Gasteiger partial charge on any atom is -0.376 e. The van der Waals surface area contributed by atoms with E-state index in [-0.39, 0.29) is 35.3 Å². The monoisotopic (exact) mass is 464 g/mol. The van der Waals surface area contributed by atoms with Crippen molar-refractivity contribution in [3.63, 3.8) is 0 Å². The topological polar surface area (TPSA) is 66.0 Å². The molecule has 2 N–H and O–H groups in total. The van der Waals surface area contributed by atoms with E-state index in [9.17, 15) is 4.79 Å². The number of hydrogen-bond donors (Lipinski definition) is 2. The average Bonchev–Trinajstić information content (AvgIpc) is 3.21.